The lowest BCUT2D eigenvalue weighted by Crippen LogP contribution is -2.65. The number of rotatable bonds is 12. The molecule has 0 aromatic carbocycles. The molecule has 0 bridgehead atoms. The zero-order valence-corrected chi connectivity index (χ0v) is 34.2. The summed E-state index contributed by atoms with van der Waals surface area (Å²) in [5.74, 6) is -5.29. The minimum atomic E-state index is -1.28. The number of Topliss-reactive ketones (excluding diaryl/α,β-unsaturated/α-hetero) is 1. The highest BCUT2D eigenvalue weighted by atomic mass is 16.8. The Morgan fingerprint density at radius 1 is 0.811 bits per heavy atom. The number of hydrogen-bond donors (Lipinski definition) is 4. The largest absolute Gasteiger partial charge is 0.481 e. The summed E-state index contributed by atoms with van der Waals surface area (Å²) in [6.45, 7) is 19.8. The Morgan fingerprint density at radius 3 is 2.09 bits per heavy atom. The van der Waals surface area contributed by atoms with Crippen LogP contribution in [0.4, 0.5) is 0 Å². The van der Waals surface area contributed by atoms with Gasteiger partial charge in [0.25, 0.3) is 0 Å². The smallest absolute Gasteiger partial charge is 0.309 e. The van der Waals surface area contributed by atoms with Crippen LogP contribution in [0.2, 0.25) is 0 Å². The molecular formula is C42H72O11. The molecule has 0 amide bonds. The molecule has 0 aromatic heterocycles. The molecule has 3 unspecified atom stereocenters. The average molecular weight is 753 g/mol. The lowest BCUT2D eigenvalue weighted by Gasteiger charge is -2.56. The summed E-state index contributed by atoms with van der Waals surface area (Å²) < 4.78 is 33.7. The van der Waals surface area contributed by atoms with Gasteiger partial charge in [-0.2, -0.15) is 0 Å². The van der Waals surface area contributed by atoms with Crippen LogP contribution in [0, 0.1) is 41.4 Å². The van der Waals surface area contributed by atoms with Crippen molar-refractivity contribution < 1.29 is 53.7 Å². The Kier molecular flexibility index (Phi) is 13.3. The maximum Gasteiger partial charge on any atom is 0.309 e. The molecule has 0 aliphatic carbocycles. The standard InChI is InChI=1S/C42H72O11/c1-11-29(38(46)47)31-15-14-23(4)36(50-31)27(8)34(44)26(7)35(45)30(12-2)37-24(5)22-25(6)41(51-37)19-16-32(43)42(53-41)21-20-39(10,52-42)33-17-18-40(48,13-3)28(9)49-33/h23-34,36-37,43-44,48H,11-22H2,1-10H3,(H,46,47)/t23-,24-,25+,26-,27-,28-,29+,30-,31?,32+,33+,34+,36+,37-,39-,40+,41?,42?/m0/s1. The molecule has 2 spiro atoms. The van der Waals surface area contributed by atoms with Crippen molar-refractivity contribution in [3.05, 3.63) is 0 Å². The van der Waals surface area contributed by atoms with E-state index >= 15 is 0 Å². The van der Waals surface area contributed by atoms with Crippen LogP contribution in [0.3, 0.4) is 0 Å². The number of carboxylic acids is 1. The van der Waals surface area contributed by atoms with E-state index in [1.54, 1.807) is 6.92 Å². The van der Waals surface area contributed by atoms with Crippen molar-refractivity contribution in [3.63, 3.8) is 0 Å². The highest BCUT2D eigenvalue weighted by molar-refractivity contribution is 5.84. The van der Waals surface area contributed by atoms with E-state index < -0.39 is 70.9 Å². The highest BCUT2D eigenvalue weighted by Crippen LogP contribution is 2.56. The van der Waals surface area contributed by atoms with E-state index in [-0.39, 0.29) is 47.8 Å². The highest BCUT2D eigenvalue weighted by Gasteiger charge is 2.64. The number of aliphatic carboxylic acids is 1. The Morgan fingerprint density at radius 2 is 1.49 bits per heavy atom. The minimum absolute atomic E-state index is 0.0228. The van der Waals surface area contributed by atoms with Crippen molar-refractivity contribution in [3.8, 4) is 0 Å². The first kappa shape index (κ1) is 43.0. The summed E-state index contributed by atoms with van der Waals surface area (Å²) in [7, 11) is 0. The number of hydrogen-bond acceptors (Lipinski definition) is 10. The molecule has 53 heavy (non-hydrogen) atoms. The van der Waals surface area contributed by atoms with Crippen LogP contribution in [0.5, 0.6) is 0 Å². The molecule has 0 saturated carbocycles. The SMILES string of the molecule is CC[C@@H](C(=O)O)C1CC[C@H](C)[C@H]([C@@H](C)[C@H](O)[C@H](C)C(=O)[C@H](CC)[C@H]2OC3(CC[C@@H](O)C4(CC[C@@](C)([C@H]5CC[C@](O)(CC)[C@H](C)O5)O4)O3)[C@H](C)C[C@@H]2C)O1. The van der Waals surface area contributed by atoms with Gasteiger partial charge >= 0.3 is 5.97 Å². The lowest BCUT2D eigenvalue weighted by molar-refractivity contribution is -0.442. The molecule has 0 aromatic rings. The van der Waals surface area contributed by atoms with Gasteiger partial charge in [-0.15, -0.1) is 0 Å². The molecule has 5 rings (SSSR count). The van der Waals surface area contributed by atoms with E-state index in [2.05, 4.69) is 20.8 Å². The van der Waals surface area contributed by atoms with Gasteiger partial charge < -0.3 is 44.1 Å². The number of ether oxygens (including phenoxy) is 5. The Balaban J connectivity index is 1.30. The summed E-state index contributed by atoms with van der Waals surface area (Å²) >= 11 is 0. The predicted octanol–water partition coefficient (Wildman–Crippen LogP) is 6.41. The molecule has 11 nitrogen and oxygen atoms in total. The fourth-order valence-electron chi connectivity index (χ4n) is 10.9. The summed E-state index contributed by atoms with van der Waals surface area (Å²) in [5.41, 5.74) is -1.59. The fraction of sp³-hybridized carbons (Fsp3) is 0.952. The molecule has 4 N–H and O–H groups in total. The number of aliphatic hydroxyl groups excluding tert-OH is 2. The fourth-order valence-corrected chi connectivity index (χ4v) is 10.9. The molecule has 5 aliphatic rings. The second kappa shape index (κ2) is 16.4. The van der Waals surface area contributed by atoms with Crippen molar-refractivity contribution in [1.29, 1.82) is 0 Å². The third kappa shape index (κ3) is 8.03. The van der Waals surface area contributed by atoms with E-state index in [1.165, 1.54) is 0 Å². The molecule has 5 fully saturated rings. The average Bonchev–Trinajstić information content (AvgIpc) is 3.47. The predicted molar refractivity (Wildman–Crippen MR) is 199 cm³/mol. The molecule has 306 valence electrons. The molecule has 5 aliphatic heterocycles. The maximum absolute atomic E-state index is 14.5. The monoisotopic (exact) mass is 753 g/mol. The molecular weight excluding hydrogens is 680 g/mol. The van der Waals surface area contributed by atoms with Crippen molar-refractivity contribution in [2.45, 2.75) is 212 Å². The molecule has 18 atom stereocenters. The first-order chi connectivity index (χ1) is 24.8. The van der Waals surface area contributed by atoms with E-state index in [1.807, 2.05) is 41.5 Å². The van der Waals surface area contributed by atoms with E-state index in [0.29, 0.717) is 64.2 Å². The van der Waals surface area contributed by atoms with E-state index in [9.17, 15) is 30.0 Å². The van der Waals surface area contributed by atoms with Crippen LogP contribution in [-0.2, 0) is 33.3 Å². The second-order valence-electron chi connectivity index (χ2n) is 18.3. The maximum atomic E-state index is 14.5. The van der Waals surface area contributed by atoms with Crippen LogP contribution >= 0.6 is 0 Å². The Hall–Kier alpha value is -1.18. The number of carbonyl (C=O) groups excluding carboxylic acids is 1. The molecule has 0 radical (unpaired) electrons. The van der Waals surface area contributed by atoms with Crippen LogP contribution < -0.4 is 0 Å². The van der Waals surface area contributed by atoms with Gasteiger partial charge in [0.05, 0.1) is 53.7 Å². The molecule has 11 heteroatoms. The number of aliphatic hydroxyl groups is 3. The lowest BCUT2D eigenvalue weighted by atomic mass is 9.72. The van der Waals surface area contributed by atoms with Gasteiger partial charge in [-0.3, -0.25) is 9.59 Å². The van der Waals surface area contributed by atoms with Crippen molar-refractivity contribution in [2.75, 3.05) is 0 Å². The first-order valence-corrected chi connectivity index (χ1v) is 21.0. The van der Waals surface area contributed by atoms with Crippen LogP contribution in [0.1, 0.15) is 146 Å². The summed E-state index contributed by atoms with van der Waals surface area (Å²) in [6.07, 6.45) is 3.41. The van der Waals surface area contributed by atoms with Crippen molar-refractivity contribution >= 4 is 11.8 Å². The summed E-state index contributed by atoms with van der Waals surface area (Å²) in [5, 5.41) is 44.1. The van der Waals surface area contributed by atoms with Gasteiger partial charge in [0.1, 0.15) is 11.9 Å². The van der Waals surface area contributed by atoms with Gasteiger partial charge in [0, 0.05) is 36.5 Å². The van der Waals surface area contributed by atoms with Crippen LogP contribution in [0.25, 0.3) is 0 Å². The minimum Gasteiger partial charge on any atom is -0.481 e. The number of ketones is 1. The third-order valence-corrected chi connectivity index (χ3v) is 14.9. The quantitative estimate of drug-likeness (QED) is 0.174. The van der Waals surface area contributed by atoms with Gasteiger partial charge in [0.15, 0.2) is 11.6 Å². The van der Waals surface area contributed by atoms with E-state index in [0.717, 1.165) is 12.8 Å². The topological polar surface area (TPSA) is 161 Å². The number of carbonyl (C=O) groups is 2. The first-order valence-electron chi connectivity index (χ1n) is 21.0. The van der Waals surface area contributed by atoms with Crippen LogP contribution in [-0.4, -0.2) is 97.7 Å². The zero-order valence-electron chi connectivity index (χ0n) is 34.2. The second-order valence-corrected chi connectivity index (χ2v) is 18.3. The van der Waals surface area contributed by atoms with Crippen LogP contribution in [0.15, 0.2) is 0 Å². The normalized spacial score (nSPS) is 46.5. The number of carboxylic acid groups (broad SMARTS) is 1. The summed E-state index contributed by atoms with van der Waals surface area (Å²) in [4.78, 5) is 26.4. The third-order valence-electron chi connectivity index (χ3n) is 14.9. The van der Waals surface area contributed by atoms with E-state index in [4.69, 9.17) is 23.7 Å². The summed E-state index contributed by atoms with van der Waals surface area (Å²) in [6, 6.07) is 0. The van der Waals surface area contributed by atoms with Gasteiger partial charge in [-0.05, 0) is 89.9 Å². The van der Waals surface area contributed by atoms with Crippen molar-refractivity contribution in [2.24, 2.45) is 41.4 Å². The van der Waals surface area contributed by atoms with Gasteiger partial charge in [-0.1, -0.05) is 55.4 Å². The van der Waals surface area contributed by atoms with Crippen molar-refractivity contribution in [1.82, 2.24) is 0 Å². The van der Waals surface area contributed by atoms with Gasteiger partial charge in [0.2, 0.25) is 0 Å². The Bertz CT molecular complexity index is 1280. The molecule has 5 heterocycles. The Labute approximate surface area is 318 Å². The molecule has 5 saturated heterocycles. The van der Waals surface area contributed by atoms with Gasteiger partial charge in [-0.25, -0.2) is 0 Å². The zero-order chi connectivity index (χ0) is 39.3.